The van der Waals surface area contributed by atoms with Crippen molar-refractivity contribution in [3.05, 3.63) is 47.5 Å². The molecule has 4 N–H and O–H groups in total. The van der Waals surface area contributed by atoms with Crippen LogP contribution in [0.25, 0.3) is 0 Å². The summed E-state index contributed by atoms with van der Waals surface area (Å²) in [5, 5.41) is 6.12. The number of amides is 2. The normalized spacial score (nSPS) is 19.2. The molecular weight excluding hydrogens is 314 g/mol. The van der Waals surface area contributed by atoms with Crippen molar-refractivity contribution in [3.8, 4) is 0 Å². The standard InChI is InChI=1S/C17H23N3O2.ClH/c1-16(2)10-12(17(3,4)20-16)15(22)19-13(14(18)21)11-8-6-5-7-9-11;/h5-10,13,20H,1-4H3,(H2,18,21)(H,19,22);1H. The SMILES string of the molecule is CC1(C)C=C(C(=O)NC(C(N)=O)c2ccccc2)C(C)(C)N1.Cl. The second-order valence-electron chi connectivity index (χ2n) is 6.75. The Morgan fingerprint density at radius 3 is 2.13 bits per heavy atom. The van der Waals surface area contributed by atoms with E-state index in [0.717, 1.165) is 0 Å². The Morgan fingerprint density at radius 1 is 1.13 bits per heavy atom. The van der Waals surface area contributed by atoms with Crippen LogP contribution in [0.15, 0.2) is 42.0 Å². The number of halogens is 1. The van der Waals surface area contributed by atoms with Gasteiger partial charge in [0, 0.05) is 16.7 Å². The van der Waals surface area contributed by atoms with Crippen LogP contribution in [0.3, 0.4) is 0 Å². The van der Waals surface area contributed by atoms with Gasteiger partial charge in [-0.15, -0.1) is 12.4 Å². The molecule has 1 unspecified atom stereocenters. The number of carbonyl (C=O) groups is 2. The molecule has 2 amide bonds. The summed E-state index contributed by atoms with van der Waals surface area (Å²) >= 11 is 0. The molecule has 5 nitrogen and oxygen atoms in total. The van der Waals surface area contributed by atoms with Crippen molar-refractivity contribution < 1.29 is 9.59 Å². The number of carbonyl (C=O) groups excluding carboxylic acids is 2. The zero-order valence-electron chi connectivity index (χ0n) is 13.8. The van der Waals surface area contributed by atoms with Crippen LogP contribution in [0.4, 0.5) is 0 Å². The van der Waals surface area contributed by atoms with Crippen molar-refractivity contribution in [2.24, 2.45) is 5.73 Å². The van der Waals surface area contributed by atoms with E-state index < -0.39 is 17.5 Å². The van der Waals surface area contributed by atoms with Gasteiger partial charge in [-0.25, -0.2) is 0 Å². The van der Waals surface area contributed by atoms with Gasteiger partial charge in [-0.05, 0) is 33.3 Å². The summed E-state index contributed by atoms with van der Waals surface area (Å²) in [6.07, 6.45) is 1.89. The van der Waals surface area contributed by atoms with Crippen LogP contribution in [0.1, 0.15) is 39.3 Å². The molecule has 0 radical (unpaired) electrons. The van der Waals surface area contributed by atoms with Gasteiger partial charge in [0.15, 0.2) is 0 Å². The van der Waals surface area contributed by atoms with Crippen LogP contribution < -0.4 is 16.4 Å². The number of rotatable bonds is 4. The van der Waals surface area contributed by atoms with Crippen LogP contribution in [0.2, 0.25) is 0 Å². The first-order valence-corrected chi connectivity index (χ1v) is 7.30. The van der Waals surface area contributed by atoms with Crippen LogP contribution in [-0.4, -0.2) is 22.9 Å². The molecule has 6 heteroatoms. The zero-order chi connectivity index (χ0) is 16.5. The summed E-state index contributed by atoms with van der Waals surface area (Å²) in [6.45, 7) is 7.87. The lowest BCUT2D eigenvalue weighted by Crippen LogP contribution is -2.48. The number of primary amides is 1. The predicted octanol–water partition coefficient (Wildman–Crippen LogP) is 1.84. The summed E-state index contributed by atoms with van der Waals surface area (Å²) in [5.74, 6) is -0.862. The van der Waals surface area contributed by atoms with Gasteiger partial charge in [-0.1, -0.05) is 36.4 Å². The second-order valence-corrected chi connectivity index (χ2v) is 6.75. The fourth-order valence-corrected chi connectivity index (χ4v) is 2.97. The number of nitrogens with one attached hydrogen (secondary N) is 2. The van der Waals surface area contributed by atoms with Crippen molar-refractivity contribution in [2.75, 3.05) is 0 Å². The third-order valence-corrected chi connectivity index (χ3v) is 3.75. The van der Waals surface area contributed by atoms with E-state index in [-0.39, 0.29) is 23.9 Å². The highest BCUT2D eigenvalue weighted by molar-refractivity contribution is 5.99. The summed E-state index contributed by atoms with van der Waals surface area (Å²) in [4.78, 5) is 24.3. The van der Waals surface area contributed by atoms with E-state index in [4.69, 9.17) is 5.73 Å². The lowest BCUT2D eigenvalue weighted by molar-refractivity contribution is -0.125. The topological polar surface area (TPSA) is 84.2 Å². The number of hydrogen-bond acceptors (Lipinski definition) is 3. The molecule has 0 bridgehead atoms. The van der Waals surface area contributed by atoms with Gasteiger partial charge in [-0.2, -0.15) is 0 Å². The third kappa shape index (κ3) is 4.33. The first kappa shape index (κ1) is 19.2. The van der Waals surface area contributed by atoms with Gasteiger partial charge in [-0.3, -0.25) is 14.9 Å². The van der Waals surface area contributed by atoms with E-state index in [2.05, 4.69) is 10.6 Å². The molecule has 0 spiro atoms. The van der Waals surface area contributed by atoms with Crippen LogP contribution in [-0.2, 0) is 9.59 Å². The van der Waals surface area contributed by atoms with Gasteiger partial charge >= 0.3 is 0 Å². The molecule has 126 valence electrons. The first-order chi connectivity index (χ1) is 10.1. The smallest absolute Gasteiger partial charge is 0.249 e. The molecule has 0 aromatic heterocycles. The van der Waals surface area contributed by atoms with Crippen molar-refractivity contribution in [3.63, 3.8) is 0 Å². The zero-order valence-corrected chi connectivity index (χ0v) is 14.7. The number of hydrogen-bond donors (Lipinski definition) is 3. The maximum absolute atomic E-state index is 12.6. The van der Waals surface area contributed by atoms with Crippen molar-refractivity contribution in [2.45, 2.75) is 44.8 Å². The highest BCUT2D eigenvalue weighted by Crippen LogP contribution is 2.30. The fraction of sp³-hybridized carbons (Fsp3) is 0.412. The lowest BCUT2D eigenvalue weighted by atomic mass is 9.95. The van der Waals surface area contributed by atoms with Crippen LogP contribution in [0, 0.1) is 0 Å². The van der Waals surface area contributed by atoms with Gasteiger partial charge in [0.2, 0.25) is 11.8 Å². The predicted molar refractivity (Wildman–Crippen MR) is 93.1 cm³/mol. The van der Waals surface area contributed by atoms with Gasteiger partial charge in [0.1, 0.15) is 6.04 Å². The van der Waals surface area contributed by atoms with Gasteiger partial charge < -0.3 is 11.1 Å². The molecule has 0 saturated heterocycles. The van der Waals surface area contributed by atoms with Crippen molar-refractivity contribution >= 4 is 24.2 Å². The van der Waals surface area contributed by atoms with E-state index >= 15 is 0 Å². The molecule has 1 aliphatic rings. The monoisotopic (exact) mass is 337 g/mol. The lowest BCUT2D eigenvalue weighted by Gasteiger charge is -2.28. The van der Waals surface area contributed by atoms with E-state index in [1.54, 1.807) is 24.3 Å². The second kappa shape index (κ2) is 6.72. The molecule has 0 fully saturated rings. The number of nitrogens with two attached hydrogens (primary N) is 1. The first-order valence-electron chi connectivity index (χ1n) is 7.30. The Bertz CT molecular complexity index is 624. The fourth-order valence-electron chi connectivity index (χ4n) is 2.97. The minimum Gasteiger partial charge on any atom is -0.368 e. The van der Waals surface area contributed by atoms with E-state index in [9.17, 15) is 9.59 Å². The molecule has 0 saturated carbocycles. The third-order valence-electron chi connectivity index (χ3n) is 3.75. The summed E-state index contributed by atoms with van der Waals surface area (Å²) < 4.78 is 0. The summed E-state index contributed by atoms with van der Waals surface area (Å²) in [5.41, 5.74) is 5.99. The van der Waals surface area contributed by atoms with Crippen molar-refractivity contribution in [1.29, 1.82) is 0 Å². The van der Waals surface area contributed by atoms with Gasteiger partial charge in [0.05, 0.1) is 0 Å². The maximum atomic E-state index is 12.6. The molecule has 1 heterocycles. The molecule has 23 heavy (non-hydrogen) atoms. The van der Waals surface area contributed by atoms with E-state index in [1.807, 2.05) is 39.8 Å². The van der Waals surface area contributed by atoms with E-state index in [0.29, 0.717) is 11.1 Å². The Balaban J connectivity index is 0.00000264. The molecule has 1 aromatic rings. The molecular formula is C17H24ClN3O2. The summed E-state index contributed by atoms with van der Waals surface area (Å²) in [6, 6.07) is 8.16. The molecule has 2 rings (SSSR count). The summed E-state index contributed by atoms with van der Waals surface area (Å²) in [7, 11) is 0. The highest BCUT2D eigenvalue weighted by atomic mass is 35.5. The maximum Gasteiger partial charge on any atom is 0.249 e. The molecule has 1 aliphatic heterocycles. The van der Waals surface area contributed by atoms with E-state index in [1.165, 1.54) is 0 Å². The molecule has 0 aliphatic carbocycles. The van der Waals surface area contributed by atoms with Crippen molar-refractivity contribution in [1.82, 2.24) is 10.6 Å². The Labute approximate surface area is 143 Å². The minimum atomic E-state index is -0.839. The minimum absolute atomic E-state index is 0. The molecule has 1 aromatic carbocycles. The Kier molecular flexibility index (Phi) is 5.61. The average Bonchev–Trinajstić information content (AvgIpc) is 2.64. The highest BCUT2D eigenvalue weighted by Gasteiger charge is 2.40. The molecule has 1 atom stereocenters. The largest absolute Gasteiger partial charge is 0.368 e. The van der Waals surface area contributed by atoms with Gasteiger partial charge in [0.25, 0.3) is 0 Å². The Morgan fingerprint density at radius 2 is 1.70 bits per heavy atom. The number of benzene rings is 1. The van der Waals surface area contributed by atoms with Crippen LogP contribution >= 0.6 is 12.4 Å². The van der Waals surface area contributed by atoms with Crippen LogP contribution in [0.5, 0.6) is 0 Å². The Hall–Kier alpha value is -1.85. The average molecular weight is 338 g/mol. The quantitative estimate of drug-likeness (QED) is 0.783.